The number of hydrogen-bond acceptors (Lipinski definition) is 5. The molecule has 6 nitrogen and oxygen atoms in total. The molecule has 3 aromatic rings. The fourth-order valence-corrected chi connectivity index (χ4v) is 4.66. The van der Waals surface area contributed by atoms with Gasteiger partial charge in [-0.1, -0.05) is 42.8 Å². The molecular weight excluding hydrogens is 388 g/mol. The zero-order valence-corrected chi connectivity index (χ0v) is 18.1. The molecule has 0 saturated heterocycles. The van der Waals surface area contributed by atoms with Crippen molar-refractivity contribution in [3.8, 4) is 11.1 Å². The Labute approximate surface area is 181 Å². The number of nitrogens with zero attached hydrogens (tertiary/aromatic N) is 4. The first kappa shape index (κ1) is 19.7. The molecule has 5 rings (SSSR count). The van der Waals surface area contributed by atoms with Gasteiger partial charge < -0.3 is 4.74 Å². The van der Waals surface area contributed by atoms with Crippen LogP contribution in [0.3, 0.4) is 0 Å². The Balaban J connectivity index is 1.40. The molecule has 0 N–H and O–H groups in total. The zero-order chi connectivity index (χ0) is 21.6. The Morgan fingerprint density at radius 2 is 2.03 bits per heavy atom. The van der Waals surface area contributed by atoms with Crippen LogP contribution in [0.25, 0.3) is 16.8 Å². The van der Waals surface area contributed by atoms with Gasteiger partial charge in [-0.3, -0.25) is 4.79 Å². The second kappa shape index (κ2) is 7.45. The minimum Gasteiger partial charge on any atom is -0.458 e. The highest BCUT2D eigenvalue weighted by Gasteiger charge is 2.59. The maximum absolute atomic E-state index is 11.5. The summed E-state index contributed by atoms with van der Waals surface area (Å²) in [6.07, 6.45) is 8.74. The summed E-state index contributed by atoms with van der Waals surface area (Å²) in [5.74, 6) is 0.917. The lowest BCUT2D eigenvalue weighted by molar-refractivity contribution is -0.152. The molecule has 2 aromatic heterocycles. The molecule has 0 spiro atoms. The molecule has 2 heterocycles. The van der Waals surface area contributed by atoms with E-state index in [1.54, 1.807) is 4.52 Å². The smallest absolute Gasteiger partial charge is 0.303 e. The van der Waals surface area contributed by atoms with Crippen LogP contribution >= 0.6 is 0 Å². The number of ether oxygens (including phenoxy) is 1. The molecule has 1 saturated carbocycles. The Kier molecular flexibility index (Phi) is 4.73. The van der Waals surface area contributed by atoms with Crippen LogP contribution in [0, 0.1) is 18.8 Å². The van der Waals surface area contributed by atoms with E-state index in [4.69, 9.17) is 14.7 Å². The lowest BCUT2D eigenvalue weighted by atomic mass is 9.87. The van der Waals surface area contributed by atoms with E-state index < -0.39 is 0 Å². The van der Waals surface area contributed by atoms with Gasteiger partial charge in [0.2, 0.25) is 0 Å². The summed E-state index contributed by atoms with van der Waals surface area (Å²) in [5.41, 5.74) is 4.80. The van der Waals surface area contributed by atoms with Crippen molar-refractivity contribution in [2.75, 3.05) is 0 Å². The fourth-order valence-electron chi connectivity index (χ4n) is 4.66. The van der Waals surface area contributed by atoms with Crippen LogP contribution in [0.2, 0.25) is 0 Å². The van der Waals surface area contributed by atoms with Crippen molar-refractivity contribution in [1.29, 1.82) is 0 Å². The van der Waals surface area contributed by atoms with Crippen molar-refractivity contribution in [2.45, 2.75) is 45.6 Å². The third-order valence-electron chi connectivity index (χ3n) is 6.45. The standard InChI is InChI=1S/C25H26N4O2/c1-16-6-8-19(9-7-16)22-5-4-14-29-23(22)27-24(28-29)26-21-12-10-20(11-13-21)25(15-17(25)2)31-18(3)30/h4-10,12,14,17,20H,11,13,15H2,1-3H3. The van der Waals surface area contributed by atoms with Gasteiger partial charge in [0.05, 0.1) is 0 Å². The average molecular weight is 415 g/mol. The van der Waals surface area contributed by atoms with E-state index in [0.29, 0.717) is 11.9 Å². The number of fused-ring (bicyclic) bond motifs is 1. The van der Waals surface area contributed by atoms with Crippen molar-refractivity contribution in [3.05, 3.63) is 60.3 Å². The lowest BCUT2D eigenvalue weighted by Crippen LogP contribution is -2.31. The second-order valence-electron chi connectivity index (χ2n) is 8.73. The Hall–Kier alpha value is -3.28. The number of benzene rings is 1. The lowest BCUT2D eigenvalue weighted by Gasteiger charge is -2.27. The van der Waals surface area contributed by atoms with Gasteiger partial charge in [0, 0.05) is 36.2 Å². The van der Waals surface area contributed by atoms with Crippen molar-refractivity contribution in [3.63, 3.8) is 0 Å². The molecule has 0 amide bonds. The molecule has 2 aliphatic carbocycles. The second-order valence-corrected chi connectivity index (χ2v) is 8.73. The van der Waals surface area contributed by atoms with E-state index >= 15 is 0 Å². The highest BCUT2D eigenvalue weighted by Crippen LogP contribution is 2.54. The monoisotopic (exact) mass is 414 g/mol. The average Bonchev–Trinajstić information content (AvgIpc) is 3.20. The molecule has 158 valence electrons. The molecule has 1 fully saturated rings. The number of aryl methyl sites for hydroxylation is 1. The molecule has 0 aliphatic heterocycles. The Morgan fingerprint density at radius 3 is 2.68 bits per heavy atom. The van der Waals surface area contributed by atoms with Gasteiger partial charge in [-0.25, -0.2) is 9.51 Å². The van der Waals surface area contributed by atoms with Crippen molar-refractivity contribution < 1.29 is 9.53 Å². The van der Waals surface area contributed by atoms with Gasteiger partial charge in [-0.2, -0.15) is 4.98 Å². The Morgan fingerprint density at radius 1 is 1.26 bits per heavy atom. The quantitative estimate of drug-likeness (QED) is 0.558. The van der Waals surface area contributed by atoms with Gasteiger partial charge in [0.25, 0.3) is 5.95 Å². The van der Waals surface area contributed by atoms with E-state index in [1.807, 2.05) is 18.3 Å². The van der Waals surface area contributed by atoms with Crippen LogP contribution in [-0.2, 0) is 9.53 Å². The van der Waals surface area contributed by atoms with Crippen molar-refractivity contribution >= 4 is 23.3 Å². The number of aliphatic imine (C=N–C) groups is 1. The maximum atomic E-state index is 11.5. The van der Waals surface area contributed by atoms with E-state index in [9.17, 15) is 4.79 Å². The summed E-state index contributed by atoms with van der Waals surface area (Å²) in [5, 5.41) is 4.56. The predicted molar refractivity (Wildman–Crippen MR) is 120 cm³/mol. The highest BCUT2D eigenvalue weighted by molar-refractivity contribution is 5.97. The molecular formula is C25H26N4O2. The number of carbonyl (C=O) groups excluding carboxylic acids is 1. The van der Waals surface area contributed by atoms with Crippen LogP contribution in [0.5, 0.6) is 0 Å². The topological polar surface area (TPSA) is 68.8 Å². The van der Waals surface area contributed by atoms with Crippen LogP contribution in [0.1, 0.15) is 38.7 Å². The minimum atomic E-state index is -0.321. The third kappa shape index (κ3) is 3.67. The molecule has 6 heteroatoms. The number of pyridine rings is 1. The van der Waals surface area contributed by atoms with Gasteiger partial charge in [-0.15, -0.1) is 5.10 Å². The van der Waals surface area contributed by atoms with Gasteiger partial charge >= 0.3 is 5.97 Å². The molecule has 3 atom stereocenters. The SMILES string of the molecule is CC(=O)OC1(C2C=CC(=Nc3nc4c(-c5ccc(C)cc5)cccn4n3)CC2)CC1C. The minimum absolute atomic E-state index is 0.199. The number of rotatable bonds is 4. The number of carbonyl (C=O) groups is 1. The number of hydrogen-bond donors (Lipinski definition) is 0. The third-order valence-corrected chi connectivity index (χ3v) is 6.45. The number of esters is 1. The molecule has 0 radical (unpaired) electrons. The van der Waals surface area contributed by atoms with Gasteiger partial charge in [0.1, 0.15) is 5.60 Å². The largest absolute Gasteiger partial charge is 0.458 e. The first-order valence-corrected chi connectivity index (χ1v) is 10.8. The molecule has 1 aromatic carbocycles. The summed E-state index contributed by atoms with van der Waals surface area (Å²) in [7, 11) is 0. The van der Waals surface area contributed by atoms with Crippen LogP contribution in [0.4, 0.5) is 5.95 Å². The zero-order valence-electron chi connectivity index (χ0n) is 18.1. The van der Waals surface area contributed by atoms with Gasteiger partial charge in [0.15, 0.2) is 5.65 Å². The van der Waals surface area contributed by atoms with E-state index in [0.717, 1.165) is 41.7 Å². The fraction of sp³-hybridized carbons (Fsp3) is 0.360. The maximum Gasteiger partial charge on any atom is 0.303 e. The summed E-state index contributed by atoms with van der Waals surface area (Å²) in [6.45, 7) is 5.72. The number of allylic oxidation sites excluding steroid dienone is 1. The summed E-state index contributed by atoms with van der Waals surface area (Å²) < 4.78 is 7.48. The van der Waals surface area contributed by atoms with Crippen LogP contribution in [-0.4, -0.2) is 31.9 Å². The van der Waals surface area contributed by atoms with Gasteiger partial charge in [-0.05, 0) is 50.0 Å². The normalized spacial score (nSPS) is 26.4. The molecule has 31 heavy (non-hydrogen) atoms. The van der Waals surface area contributed by atoms with E-state index in [2.05, 4.69) is 55.4 Å². The number of aromatic nitrogens is 3. The Bertz CT molecular complexity index is 1210. The molecule has 0 bridgehead atoms. The van der Waals surface area contributed by atoms with E-state index in [1.165, 1.54) is 12.5 Å². The first-order chi connectivity index (χ1) is 14.9. The summed E-state index contributed by atoms with van der Waals surface area (Å²) in [6, 6.07) is 12.4. The van der Waals surface area contributed by atoms with Crippen LogP contribution < -0.4 is 0 Å². The predicted octanol–water partition coefficient (Wildman–Crippen LogP) is 5.09. The van der Waals surface area contributed by atoms with E-state index in [-0.39, 0.29) is 17.5 Å². The van der Waals surface area contributed by atoms with Crippen molar-refractivity contribution in [1.82, 2.24) is 14.6 Å². The summed E-state index contributed by atoms with van der Waals surface area (Å²) in [4.78, 5) is 20.9. The highest BCUT2D eigenvalue weighted by atomic mass is 16.6. The van der Waals surface area contributed by atoms with Crippen molar-refractivity contribution in [2.24, 2.45) is 16.8 Å². The van der Waals surface area contributed by atoms with Crippen LogP contribution in [0.15, 0.2) is 59.7 Å². The summed E-state index contributed by atoms with van der Waals surface area (Å²) >= 11 is 0. The molecule has 2 aliphatic rings. The first-order valence-electron chi connectivity index (χ1n) is 10.8. The molecule has 3 unspecified atom stereocenters.